The Labute approximate surface area is 132 Å². The molecule has 0 aliphatic heterocycles. The molecular formula is C15H24N2O4S. The number of carbonyl (C=O) groups is 1. The highest BCUT2D eigenvalue weighted by molar-refractivity contribution is 7.89. The van der Waals surface area contributed by atoms with Crippen LogP contribution in [0.15, 0.2) is 23.1 Å². The van der Waals surface area contributed by atoms with E-state index in [9.17, 15) is 13.2 Å². The summed E-state index contributed by atoms with van der Waals surface area (Å²) in [7, 11) is -2.37. The van der Waals surface area contributed by atoms with Crippen LogP contribution in [-0.4, -0.2) is 34.5 Å². The van der Waals surface area contributed by atoms with Crippen LogP contribution in [-0.2, 0) is 10.0 Å². The maximum Gasteiger partial charge on any atom is 0.251 e. The molecule has 0 unspecified atom stereocenters. The van der Waals surface area contributed by atoms with Crippen molar-refractivity contribution in [1.29, 1.82) is 0 Å². The number of nitrogens with one attached hydrogen (secondary N) is 2. The molecule has 0 aliphatic carbocycles. The monoisotopic (exact) mass is 328 g/mol. The normalized spacial score (nSPS) is 12.0. The third kappa shape index (κ3) is 4.99. The summed E-state index contributed by atoms with van der Waals surface area (Å²) in [4.78, 5) is 11.8. The van der Waals surface area contributed by atoms with Gasteiger partial charge < -0.3 is 10.1 Å². The third-order valence-electron chi connectivity index (χ3n) is 2.85. The molecule has 0 bridgehead atoms. The van der Waals surface area contributed by atoms with Crippen molar-refractivity contribution in [3.05, 3.63) is 23.8 Å². The number of rotatable bonds is 6. The second-order valence-corrected chi connectivity index (χ2v) is 7.85. The molecule has 1 rings (SSSR count). The molecule has 0 radical (unpaired) electrons. The zero-order valence-corrected chi connectivity index (χ0v) is 14.5. The Morgan fingerprint density at radius 3 is 2.41 bits per heavy atom. The van der Waals surface area contributed by atoms with Gasteiger partial charge in [0.25, 0.3) is 5.91 Å². The highest BCUT2D eigenvalue weighted by Gasteiger charge is 2.23. The predicted octanol–water partition coefficient (Wildman–Crippen LogP) is 1.77. The van der Waals surface area contributed by atoms with Gasteiger partial charge in [-0.25, -0.2) is 13.1 Å². The molecule has 0 saturated heterocycles. The standard InChI is InChI=1S/C15H24N2O4S/c1-6-16-14(18)11-7-8-12(21-5)13(9-11)22(19,20)17-10-15(2,3)4/h7-9,17H,6,10H2,1-5H3,(H,16,18). The van der Waals surface area contributed by atoms with Crippen molar-refractivity contribution >= 4 is 15.9 Å². The molecule has 0 saturated carbocycles. The Morgan fingerprint density at radius 2 is 1.91 bits per heavy atom. The lowest BCUT2D eigenvalue weighted by Crippen LogP contribution is -2.32. The SMILES string of the molecule is CCNC(=O)c1ccc(OC)c(S(=O)(=O)NCC(C)(C)C)c1. The summed E-state index contributed by atoms with van der Waals surface area (Å²) in [6, 6.07) is 4.34. The van der Waals surface area contributed by atoms with E-state index in [4.69, 9.17) is 4.74 Å². The smallest absolute Gasteiger partial charge is 0.251 e. The Bertz CT molecular complexity index is 633. The number of methoxy groups -OCH3 is 1. The van der Waals surface area contributed by atoms with E-state index in [0.717, 1.165) is 0 Å². The van der Waals surface area contributed by atoms with E-state index < -0.39 is 10.0 Å². The fourth-order valence-electron chi connectivity index (χ4n) is 1.68. The van der Waals surface area contributed by atoms with Crippen molar-refractivity contribution in [2.45, 2.75) is 32.6 Å². The fraction of sp³-hybridized carbons (Fsp3) is 0.533. The minimum atomic E-state index is -3.76. The minimum Gasteiger partial charge on any atom is -0.495 e. The number of hydrogen-bond donors (Lipinski definition) is 2. The van der Waals surface area contributed by atoms with Crippen LogP contribution in [0.1, 0.15) is 38.1 Å². The van der Waals surface area contributed by atoms with Crippen molar-refractivity contribution in [3.63, 3.8) is 0 Å². The first-order valence-corrected chi connectivity index (χ1v) is 8.55. The van der Waals surface area contributed by atoms with Gasteiger partial charge in [0.15, 0.2) is 0 Å². The largest absolute Gasteiger partial charge is 0.495 e. The summed E-state index contributed by atoms with van der Waals surface area (Å²) in [5, 5.41) is 2.64. The van der Waals surface area contributed by atoms with Crippen LogP contribution in [0.2, 0.25) is 0 Å². The van der Waals surface area contributed by atoms with Gasteiger partial charge in [-0.05, 0) is 30.5 Å². The lowest BCUT2D eigenvalue weighted by atomic mass is 9.98. The Morgan fingerprint density at radius 1 is 1.27 bits per heavy atom. The summed E-state index contributed by atoms with van der Waals surface area (Å²) in [6.45, 7) is 8.33. The first kappa shape index (κ1) is 18.4. The van der Waals surface area contributed by atoms with Gasteiger partial charge in [-0.15, -0.1) is 0 Å². The van der Waals surface area contributed by atoms with Gasteiger partial charge in [-0.1, -0.05) is 20.8 Å². The average molecular weight is 328 g/mol. The maximum atomic E-state index is 12.5. The first-order chi connectivity index (χ1) is 10.1. The Kier molecular flexibility index (Phi) is 5.96. The van der Waals surface area contributed by atoms with E-state index in [2.05, 4.69) is 10.0 Å². The van der Waals surface area contributed by atoms with Gasteiger partial charge in [0, 0.05) is 18.7 Å². The molecule has 0 atom stereocenters. The van der Waals surface area contributed by atoms with Crippen LogP contribution < -0.4 is 14.8 Å². The molecule has 1 amide bonds. The van der Waals surface area contributed by atoms with Gasteiger partial charge >= 0.3 is 0 Å². The van der Waals surface area contributed by atoms with Gasteiger partial charge in [-0.3, -0.25) is 4.79 Å². The van der Waals surface area contributed by atoms with Crippen molar-refractivity contribution in [3.8, 4) is 5.75 Å². The van der Waals surface area contributed by atoms with E-state index in [1.807, 2.05) is 20.8 Å². The summed E-state index contributed by atoms with van der Waals surface area (Å²) >= 11 is 0. The van der Waals surface area contributed by atoms with Crippen LogP contribution in [0.4, 0.5) is 0 Å². The van der Waals surface area contributed by atoms with Crippen molar-refractivity contribution in [1.82, 2.24) is 10.0 Å². The molecule has 2 N–H and O–H groups in total. The molecule has 6 nitrogen and oxygen atoms in total. The zero-order chi connectivity index (χ0) is 17.0. The highest BCUT2D eigenvalue weighted by atomic mass is 32.2. The summed E-state index contributed by atoms with van der Waals surface area (Å²) < 4.78 is 32.6. The van der Waals surface area contributed by atoms with Crippen molar-refractivity contribution in [2.75, 3.05) is 20.2 Å². The zero-order valence-electron chi connectivity index (χ0n) is 13.7. The molecule has 1 aromatic rings. The van der Waals surface area contributed by atoms with Crippen molar-refractivity contribution in [2.24, 2.45) is 5.41 Å². The predicted molar refractivity (Wildman–Crippen MR) is 85.6 cm³/mol. The number of carbonyl (C=O) groups excluding carboxylic acids is 1. The van der Waals surface area contributed by atoms with E-state index in [0.29, 0.717) is 6.54 Å². The van der Waals surface area contributed by atoms with Crippen LogP contribution in [0, 0.1) is 5.41 Å². The summed E-state index contributed by atoms with van der Waals surface area (Å²) in [6.07, 6.45) is 0. The minimum absolute atomic E-state index is 0.0389. The molecule has 0 fully saturated rings. The molecule has 1 aromatic carbocycles. The van der Waals surface area contributed by atoms with E-state index >= 15 is 0 Å². The van der Waals surface area contributed by atoms with Crippen LogP contribution >= 0.6 is 0 Å². The van der Waals surface area contributed by atoms with Gasteiger partial charge in [0.2, 0.25) is 10.0 Å². The molecule has 0 heterocycles. The second kappa shape index (κ2) is 7.11. The quantitative estimate of drug-likeness (QED) is 0.833. The molecule has 124 valence electrons. The molecule has 0 aliphatic rings. The average Bonchev–Trinajstić information content (AvgIpc) is 2.44. The maximum absolute atomic E-state index is 12.5. The lowest BCUT2D eigenvalue weighted by molar-refractivity contribution is 0.0955. The van der Waals surface area contributed by atoms with Gasteiger partial charge in [-0.2, -0.15) is 0 Å². The molecule has 7 heteroatoms. The summed E-state index contributed by atoms with van der Waals surface area (Å²) in [5.74, 6) is -0.119. The second-order valence-electron chi connectivity index (χ2n) is 6.11. The van der Waals surface area contributed by atoms with Crippen LogP contribution in [0.25, 0.3) is 0 Å². The third-order valence-corrected chi connectivity index (χ3v) is 4.27. The number of amides is 1. The van der Waals surface area contributed by atoms with Crippen LogP contribution in [0.5, 0.6) is 5.75 Å². The number of hydrogen-bond acceptors (Lipinski definition) is 4. The number of sulfonamides is 1. The van der Waals surface area contributed by atoms with E-state index in [1.54, 1.807) is 6.92 Å². The molecule has 0 spiro atoms. The topological polar surface area (TPSA) is 84.5 Å². The number of benzene rings is 1. The molecule has 0 aromatic heterocycles. The van der Waals surface area contributed by atoms with E-state index in [1.165, 1.54) is 25.3 Å². The van der Waals surface area contributed by atoms with Crippen molar-refractivity contribution < 1.29 is 17.9 Å². The van der Waals surface area contributed by atoms with Gasteiger partial charge in [0.1, 0.15) is 10.6 Å². The molecular weight excluding hydrogens is 304 g/mol. The fourth-order valence-corrected chi connectivity index (χ4v) is 3.16. The van der Waals surface area contributed by atoms with Gasteiger partial charge in [0.05, 0.1) is 7.11 Å². The number of ether oxygens (including phenoxy) is 1. The Hall–Kier alpha value is -1.60. The first-order valence-electron chi connectivity index (χ1n) is 7.06. The Balaban J connectivity index is 3.19. The van der Waals surface area contributed by atoms with E-state index in [-0.39, 0.29) is 34.1 Å². The highest BCUT2D eigenvalue weighted by Crippen LogP contribution is 2.25. The summed E-state index contributed by atoms with van der Waals surface area (Å²) in [5.41, 5.74) is 0.0797. The molecule has 22 heavy (non-hydrogen) atoms. The lowest BCUT2D eigenvalue weighted by Gasteiger charge is -2.19. The van der Waals surface area contributed by atoms with Crippen LogP contribution in [0.3, 0.4) is 0 Å².